The maximum atomic E-state index is 11.5. The van der Waals surface area contributed by atoms with Crippen LogP contribution in [-0.2, 0) is 9.53 Å². The normalized spacial score (nSPS) is 13.2. The van der Waals surface area contributed by atoms with Gasteiger partial charge in [0.15, 0.2) is 0 Å². The number of carbonyl (C=O) groups is 2. The molecule has 0 bridgehead atoms. The first kappa shape index (κ1) is 17.4. The molecule has 0 unspecified atom stereocenters. The van der Waals surface area contributed by atoms with Crippen LogP contribution in [0.4, 0.5) is 4.79 Å². The molecule has 0 rings (SSSR count). The minimum atomic E-state index is -1.06. The van der Waals surface area contributed by atoms with E-state index in [4.69, 9.17) is 9.84 Å². The van der Waals surface area contributed by atoms with Crippen molar-refractivity contribution in [3.8, 4) is 0 Å². The average Bonchev–Trinajstić information content (AvgIpc) is 2.12. The Bertz CT molecular complexity index is 289. The Hall–Kier alpha value is -0.560. The van der Waals surface area contributed by atoms with Crippen LogP contribution in [-0.4, -0.2) is 39.8 Å². The summed E-state index contributed by atoms with van der Waals surface area (Å²) in [6.07, 6.45) is -0.704. The van der Waals surface area contributed by atoms with E-state index in [1.807, 2.05) is 13.8 Å². The molecular formula is C11H21NO4S2. The van der Waals surface area contributed by atoms with Crippen LogP contribution in [0, 0.1) is 0 Å². The number of rotatable bonds is 6. The van der Waals surface area contributed by atoms with E-state index < -0.39 is 23.7 Å². The van der Waals surface area contributed by atoms with Crippen molar-refractivity contribution in [1.29, 1.82) is 0 Å². The zero-order chi connectivity index (χ0) is 14.3. The highest BCUT2D eigenvalue weighted by atomic mass is 33.1. The van der Waals surface area contributed by atoms with E-state index in [0.717, 1.165) is 0 Å². The van der Waals surface area contributed by atoms with Gasteiger partial charge in [0.2, 0.25) is 0 Å². The third-order valence-corrected chi connectivity index (χ3v) is 4.45. The van der Waals surface area contributed by atoms with E-state index >= 15 is 0 Å². The molecule has 0 aliphatic carbocycles. The number of hydrogen-bond donors (Lipinski definition) is 2. The van der Waals surface area contributed by atoms with Gasteiger partial charge in [-0.25, -0.2) is 9.59 Å². The summed E-state index contributed by atoms with van der Waals surface area (Å²) in [6.45, 7) is 9.23. The Morgan fingerprint density at radius 1 is 1.33 bits per heavy atom. The molecule has 0 aromatic heterocycles. The quantitative estimate of drug-likeness (QED) is 0.734. The number of hydrogen-bond acceptors (Lipinski definition) is 5. The molecule has 0 spiro atoms. The van der Waals surface area contributed by atoms with E-state index in [0.29, 0.717) is 11.0 Å². The number of amides is 1. The molecule has 0 saturated heterocycles. The van der Waals surface area contributed by atoms with Gasteiger partial charge in [0.25, 0.3) is 0 Å². The molecule has 0 saturated carbocycles. The Balaban J connectivity index is 4.19. The summed E-state index contributed by atoms with van der Waals surface area (Å²) in [5.41, 5.74) is -0.632. The summed E-state index contributed by atoms with van der Waals surface area (Å²) in [7, 11) is 3.00. The van der Waals surface area contributed by atoms with Crippen LogP contribution in [0.25, 0.3) is 0 Å². The Labute approximate surface area is 116 Å². The van der Waals surface area contributed by atoms with Gasteiger partial charge in [-0.2, -0.15) is 0 Å². The van der Waals surface area contributed by atoms with Crippen LogP contribution >= 0.6 is 21.6 Å². The molecule has 0 aliphatic heterocycles. The molecule has 0 fully saturated rings. The van der Waals surface area contributed by atoms with Gasteiger partial charge in [-0.15, -0.1) is 0 Å². The van der Waals surface area contributed by atoms with Gasteiger partial charge in [-0.05, 0) is 20.8 Å². The second kappa shape index (κ2) is 7.78. The second-order valence-electron chi connectivity index (χ2n) is 4.97. The number of alkyl carbamates (subject to hydrolysis) is 1. The van der Waals surface area contributed by atoms with Crippen molar-refractivity contribution >= 4 is 33.7 Å². The van der Waals surface area contributed by atoms with Gasteiger partial charge in [0.1, 0.15) is 11.6 Å². The third-order valence-electron chi connectivity index (χ3n) is 1.48. The number of carboxylic acids is 1. The summed E-state index contributed by atoms with van der Waals surface area (Å²) in [6, 6.07) is -0.934. The van der Waals surface area contributed by atoms with Gasteiger partial charge < -0.3 is 15.2 Å². The fourth-order valence-electron chi connectivity index (χ4n) is 0.868. The number of ether oxygens (including phenoxy) is 1. The summed E-state index contributed by atoms with van der Waals surface area (Å²) >= 11 is 0. The first-order chi connectivity index (χ1) is 8.11. The summed E-state index contributed by atoms with van der Waals surface area (Å²) < 4.78 is 5.02. The summed E-state index contributed by atoms with van der Waals surface area (Å²) in [4.78, 5) is 22.4. The number of aliphatic carboxylic acids is 1. The third kappa shape index (κ3) is 9.47. The molecule has 0 aromatic rings. The minimum Gasteiger partial charge on any atom is -0.480 e. The lowest BCUT2D eigenvalue weighted by Crippen LogP contribution is -2.44. The Morgan fingerprint density at radius 2 is 1.89 bits per heavy atom. The molecule has 2 N–H and O–H groups in total. The van der Waals surface area contributed by atoms with E-state index in [-0.39, 0.29) is 0 Å². The van der Waals surface area contributed by atoms with Crippen molar-refractivity contribution in [2.75, 3.05) is 5.75 Å². The first-order valence-corrected chi connectivity index (χ1v) is 8.00. The van der Waals surface area contributed by atoms with E-state index in [2.05, 4.69) is 5.32 Å². The predicted molar refractivity (Wildman–Crippen MR) is 76.0 cm³/mol. The number of carbonyl (C=O) groups excluding carboxylic acids is 1. The monoisotopic (exact) mass is 295 g/mol. The Kier molecular flexibility index (Phi) is 7.54. The lowest BCUT2D eigenvalue weighted by molar-refractivity contribution is -0.138. The molecule has 0 aliphatic rings. The average molecular weight is 295 g/mol. The maximum absolute atomic E-state index is 11.5. The van der Waals surface area contributed by atoms with Crippen LogP contribution in [0.5, 0.6) is 0 Å². The number of carboxylic acid groups (broad SMARTS) is 1. The minimum absolute atomic E-state index is 0.303. The molecule has 7 heteroatoms. The highest BCUT2D eigenvalue weighted by molar-refractivity contribution is 8.76. The highest BCUT2D eigenvalue weighted by Crippen LogP contribution is 2.26. The van der Waals surface area contributed by atoms with Crippen molar-refractivity contribution in [2.45, 2.75) is 51.5 Å². The number of nitrogens with one attached hydrogen (secondary N) is 1. The molecule has 0 heterocycles. The lowest BCUT2D eigenvalue weighted by Gasteiger charge is -2.21. The van der Waals surface area contributed by atoms with E-state index in [1.165, 1.54) is 10.8 Å². The lowest BCUT2D eigenvalue weighted by atomic mass is 10.2. The smallest absolute Gasteiger partial charge is 0.408 e. The highest BCUT2D eigenvalue weighted by Gasteiger charge is 2.24. The van der Waals surface area contributed by atoms with Crippen molar-refractivity contribution in [2.24, 2.45) is 0 Å². The largest absolute Gasteiger partial charge is 0.480 e. The molecule has 1 amide bonds. The van der Waals surface area contributed by atoms with Crippen LogP contribution in [0.2, 0.25) is 0 Å². The summed E-state index contributed by atoms with van der Waals surface area (Å²) in [5, 5.41) is 11.8. The van der Waals surface area contributed by atoms with Crippen molar-refractivity contribution in [3.63, 3.8) is 0 Å². The zero-order valence-electron chi connectivity index (χ0n) is 11.4. The first-order valence-electron chi connectivity index (χ1n) is 5.62. The van der Waals surface area contributed by atoms with Crippen LogP contribution < -0.4 is 5.32 Å². The molecular weight excluding hydrogens is 274 g/mol. The predicted octanol–water partition coefficient (Wildman–Crippen LogP) is 2.75. The van der Waals surface area contributed by atoms with Gasteiger partial charge in [0, 0.05) is 11.0 Å². The molecule has 18 heavy (non-hydrogen) atoms. The zero-order valence-corrected chi connectivity index (χ0v) is 13.0. The van der Waals surface area contributed by atoms with Gasteiger partial charge in [0.05, 0.1) is 0 Å². The molecule has 0 radical (unpaired) electrons. The van der Waals surface area contributed by atoms with Crippen LogP contribution in [0.1, 0.15) is 34.6 Å². The molecule has 5 nitrogen and oxygen atoms in total. The SMILES string of the molecule is CC(C)SSC[C@H](NC(=O)OC(C)(C)C)C(=O)O. The second-order valence-corrected chi connectivity index (χ2v) is 7.96. The summed E-state index contributed by atoms with van der Waals surface area (Å²) in [5.74, 6) is -0.755. The standard InChI is InChI=1S/C11H21NO4S2/c1-7(2)18-17-6-8(9(13)14)12-10(15)16-11(3,4)5/h7-8H,6H2,1-5H3,(H,12,15)(H,13,14)/t8-/m0/s1. The van der Waals surface area contributed by atoms with Gasteiger partial charge >= 0.3 is 12.1 Å². The Morgan fingerprint density at radius 3 is 2.28 bits per heavy atom. The van der Waals surface area contributed by atoms with Crippen molar-refractivity contribution in [1.82, 2.24) is 5.32 Å². The topological polar surface area (TPSA) is 75.6 Å². The van der Waals surface area contributed by atoms with Crippen molar-refractivity contribution in [3.05, 3.63) is 0 Å². The maximum Gasteiger partial charge on any atom is 0.408 e. The van der Waals surface area contributed by atoms with E-state index in [9.17, 15) is 9.59 Å². The van der Waals surface area contributed by atoms with Crippen LogP contribution in [0.3, 0.4) is 0 Å². The van der Waals surface area contributed by atoms with Gasteiger partial charge in [-0.1, -0.05) is 35.4 Å². The fraction of sp³-hybridized carbons (Fsp3) is 0.818. The van der Waals surface area contributed by atoms with Gasteiger partial charge in [-0.3, -0.25) is 0 Å². The van der Waals surface area contributed by atoms with Crippen LogP contribution in [0.15, 0.2) is 0 Å². The molecule has 106 valence electrons. The molecule has 1 atom stereocenters. The molecule has 0 aromatic carbocycles. The van der Waals surface area contributed by atoms with E-state index in [1.54, 1.807) is 31.6 Å². The fourth-order valence-corrected chi connectivity index (χ4v) is 3.04. The van der Waals surface area contributed by atoms with Crippen molar-refractivity contribution < 1.29 is 19.4 Å².